The number of aliphatic hydroxyl groups is 1. The van der Waals surface area contributed by atoms with Gasteiger partial charge < -0.3 is 10.0 Å². The maximum absolute atomic E-state index is 9.08. The van der Waals surface area contributed by atoms with E-state index in [0.717, 1.165) is 43.1 Å². The monoisotopic (exact) mass is 273 g/mol. The van der Waals surface area contributed by atoms with Crippen LogP contribution in [0.2, 0.25) is 10.0 Å². The first-order chi connectivity index (χ1) is 8.19. The normalized spacial score (nSPS) is 21.0. The molecule has 0 spiro atoms. The lowest BCUT2D eigenvalue weighted by molar-refractivity contribution is 0.222. The molecule has 1 saturated heterocycles. The van der Waals surface area contributed by atoms with Gasteiger partial charge in [-0.15, -0.1) is 0 Å². The zero-order valence-electron chi connectivity index (χ0n) is 9.70. The average molecular weight is 274 g/mol. The van der Waals surface area contributed by atoms with Crippen molar-refractivity contribution in [1.29, 1.82) is 0 Å². The summed E-state index contributed by atoms with van der Waals surface area (Å²) in [6.07, 6.45) is 2.04. The van der Waals surface area contributed by atoms with E-state index < -0.39 is 0 Å². The molecule has 1 fully saturated rings. The predicted molar refractivity (Wildman–Crippen MR) is 71.8 cm³/mol. The number of hydrogen-bond acceptors (Lipinski definition) is 2. The van der Waals surface area contributed by atoms with E-state index in [-0.39, 0.29) is 0 Å². The Morgan fingerprint density at radius 1 is 1.35 bits per heavy atom. The molecule has 0 amide bonds. The van der Waals surface area contributed by atoms with Crippen molar-refractivity contribution in [3.8, 4) is 0 Å². The Kier molecular flexibility index (Phi) is 4.69. The van der Waals surface area contributed by atoms with Gasteiger partial charge in [0.2, 0.25) is 0 Å². The molecule has 1 aromatic rings. The van der Waals surface area contributed by atoms with Crippen LogP contribution in [0.4, 0.5) is 0 Å². The van der Waals surface area contributed by atoms with Crippen LogP contribution in [-0.2, 0) is 6.42 Å². The van der Waals surface area contributed by atoms with Crippen LogP contribution >= 0.6 is 23.2 Å². The second kappa shape index (κ2) is 6.05. The third-order valence-corrected chi connectivity index (χ3v) is 3.93. The largest absolute Gasteiger partial charge is 0.396 e. The number of halogens is 2. The molecular weight excluding hydrogens is 257 g/mol. The van der Waals surface area contributed by atoms with Crippen LogP contribution in [-0.4, -0.2) is 36.2 Å². The molecule has 0 aromatic heterocycles. The van der Waals surface area contributed by atoms with Crippen molar-refractivity contribution in [1.82, 2.24) is 4.90 Å². The van der Waals surface area contributed by atoms with E-state index in [1.807, 2.05) is 12.1 Å². The molecule has 1 heterocycles. The smallest absolute Gasteiger partial charge is 0.0471 e. The highest BCUT2D eigenvalue weighted by Gasteiger charge is 2.21. The van der Waals surface area contributed by atoms with Crippen LogP contribution in [0.25, 0.3) is 0 Å². The molecule has 0 saturated carbocycles. The van der Waals surface area contributed by atoms with E-state index in [2.05, 4.69) is 4.90 Å². The summed E-state index contributed by atoms with van der Waals surface area (Å²) in [5, 5.41) is 10.5. The Hall–Kier alpha value is -0.280. The van der Waals surface area contributed by atoms with Gasteiger partial charge in [0.25, 0.3) is 0 Å². The summed E-state index contributed by atoms with van der Waals surface area (Å²) < 4.78 is 0. The molecule has 94 valence electrons. The zero-order chi connectivity index (χ0) is 12.3. The van der Waals surface area contributed by atoms with Gasteiger partial charge in [-0.25, -0.2) is 0 Å². The van der Waals surface area contributed by atoms with Gasteiger partial charge in [-0.1, -0.05) is 29.3 Å². The zero-order valence-corrected chi connectivity index (χ0v) is 11.2. The second-order valence-electron chi connectivity index (χ2n) is 4.62. The highest BCUT2D eigenvalue weighted by molar-refractivity contribution is 6.35. The molecule has 0 bridgehead atoms. The maximum Gasteiger partial charge on any atom is 0.0471 e. The summed E-state index contributed by atoms with van der Waals surface area (Å²) >= 11 is 12.0. The van der Waals surface area contributed by atoms with Crippen molar-refractivity contribution in [3.05, 3.63) is 33.8 Å². The van der Waals surface area contributed by atoms with Crippen molar-refractivity contribution >= 4 is 23.2 Å². The van der Waals surface area contributed by atoms with Crippen LogP contribution < -0.4 is 0 Å². The second-order valence-corrected chi connectivity index (χ2v) is 5.47. The Labute approximate surface area is 112 Å². The van der Waals surface area contributed by atoms with Gasteiger partial charge in [-0.05, 0) is 43.0 Å². The van der Waals surface area contributed by atoms with E-state index in [4.69, 9.17) is 28.3 Å². The Bertz CT molecular complexity index is 384. The Morgan fingerprint density at radius 3 is 2.82 bits per heavy atom. The molecule has 4 heteroatoms. The molecule has 0 aliphatic carbocycles. The molecule has 0 radical (unpaired) electrons. The Morgan fingerprint density at radius 2 is 2.18 bits per heavy atom. The maximum atomic E-state index is 9.08. The van der Waals surface area contributed by atoms with Crippen LogP contribution in [0, 0.1) is 5.92 Å². The third-order valence-electron chi connectivity index (χ3n) is 3.34. The molecule has 2 rings (SSSR count). The minimum atomic E-state index is 0.304. The fourth-order valence-corrected chi connectivity index (χ4v) is 2.77. The van der Waals surface area contributed by atoms with Crippen molar-refractivity contribution in [2.75, 3.05) is 26.2 Å². The van der Waals surface area contributed by atoms with E-state index in [9.17, 15) is 0 Å². The summed E-state index contributed by atoms with van der Waals surface area (Å²) in [6.45, 7) is 3.38. The standard InChI is InChI=1S/C13H17Cl2NO/c14-12-2-1-11(13(15)7-12)4-6-16-5-3-10(8-16)9-17/h1-2,7,10,17H,3-6,8-9H2. The molecule has 17 heavy (non-hydrogen) atoms. The molecule has 1 atom stereocenters. The summed E-state index contributed by atoms with van der Waals surface area (Å²) in [5.74, 6) is 0.454. The van der Waals surface area contributed by atoms with Gasteiger partial charge in [0, 0.05) is 29.7 Å². The number of nitrogens with zero attached hydrogens (tertiary/aromatic N) is 1. The molecule has 1 aliphatic heterocycles. The van der Waals surface area contributed by atoms with Gasteiger partial charge in [0.1, 0.15) is 0 Å². The topological polar surface area (TPSA) is 23.5 Å². The van der Waals surface area contributed by atoms with Gasteiger partial charge in [-0.2, -0.15) is 0 Å². The minimum absolute atomic E-state index is 0.304. The fourth-order valence-electron chi connectivity index (χ4n) is 2.27. The highest BCUT2D eigenvalue weighted by atomic mass is 35.5. The summed E-state index contributed by atoms with van der Waals surface area (Å²) in [7, 11) is 0. The van der Waals surface area contributed by atoms with Gasteiger partial charge in [0.05, 0.1) is 0 Å². The molecule has 1 N–H and O–H groups in total. The molecule has 1 unspecified atom stereocenters. The quantitative estimate of drug-likeness (QED) is 0.912. The lowest BCUT2D eigenvalue weighted by atomic mass is 10.1. The van der Waals surface area contributed by atoms with Crippen LogP contribution in [0.3, 0.4) is 0 Å². The summed E-state index contributed by atoms with van der Waals surface area (Å²) in [4.78, 5) is 2.38. The van der Waals surface area contributed by atoms with Crippen LogP contribution in [0.1, 0.15) is 12.0 Å². The van der Waals surface area contributed by atoms with Gasteiger partial charge in [-0.3, -0.25) is 0 Å². The number of hydrogen-bond donors (Lipinski definition) is 1. The fraction of sp³-hybridized carbons (Fsp3) is 0.538. The SMILES string of the molecule is OCC1CCN(CCc2ccc(Cl)cc2Cl)C1. The van der Waals surface area contributed by atoms with Crippen LogP contribution in [0.5, 0.6) is 0 Å². The van der Waals surface area contributed by atoms with Gasteiger partial charge in [0.15, 0.2) is 0 Å². The lowest BCUT2D eigenvalue weighted by Crippen LogP contribution is -2.24. The molecular formula is C13H17Cl2NO. The van der Waals surface area contributed by atoms with Crippen molar-refractivity contribution < 1.29 is 5.11 Å². The van der Waals surface area contributed by atoms with Crippen molar-refractivity contribution in [2.24, 2.45) is 5.92 Å². The van der Waals surface area contributed by atoms with E-state index >= 15 is 0 Å². The summed E-state index contributed by atoms with van der Waals surface area (Å²) in [5.41, 5.74) is 1.14. The van der Waals surface area contributed by atoms with Crippen molar-refractivity contribution in [2.45, 2.75) is 12.8 Å². The number of likely N-dealkylation sites (tertiary alicyclic amines) is 1. The number of rotatable bonds is 4. The van der Waals surface area contributed by atoms with Crippen LogP contribution in [0.15, 0.2) is 18.2 Å². The molecule has 1 aliphatic rings. The molecule has 1 aromatic carbocycles. The van der Waals surface area contributed by atoms with E-state index in [1.165, 1.54) is 0 Å². The van der Waals surface area contributed by atoms with Crippen molar-refractivity contribution in [3.63, 3.8) is 0 Å². The summed E-state index contributed by atoms with van der Waals surface area (Å²) in [6, 6.07) is 5.66. The van der Waals surface area contributed by atoms with E-state index in [0.29, 0.717) is 17.5 Å². The first-order valence-electron chi connectivity index (χ1n) is 5.96. The minimum Gasteiger partial charge on any atom is -0.396 e. The van der Waals surface area contributed by atoms with Gasteiger partial charge >= 0.3 is 0 Å². The first kappa shape index (κ1) is 13.2. The Balaban J connectivity index is 1.86. The average Bonchev–Trinajstić information content (AvgIpc) is 2.76. The molecule has 2 nitrogen and oxygen atoms in total. The first-order valence-corrected chi connectivity index (χ1v) is 6.72. The number of benzene rings is 1. The predicted octanol–water partition coefficient (Wildman–Crippen LogP) is 2.85. The van der Waals surface area contributed by atoms with E-state index in [1.54, 1.807) is 6.07 Å². The number of aliphatic hydroxyl groups excluding tert-OH is 1. The third kappa shape index (κ3) is 3.59. The highest BCUT2D eigenvalue weighted by Crippen LogP contribution is 2.22. The lowest BCUT2D eigenvalue weighted by Gasteiger charge is -2.15.